The highest BCUT2D eigenvalue weighted by Gasteiger charge is 2.17. The Kier molecular flexibility index (Phi) is 4.62. The third-order valence-corrected chi connectivity index (χ3v) is 5.52. The number of carbonyl (C=O) groups excluding carboxylic acids is 1. The van der Waals surface area contributed by atoms with E-state index in [9.17, 15) is 4.79 Å². The number of thiophene rings is 1. The maximum atomic E-state index is 12.5. The van der Waals surface area contributed by atoms with Gasteiger partial charge >= 0.3 is 0 Å². The van der Waals surface area contributed by atoms with Gasteiger partial charge < -0.3 is 5.32 Å². The molecule has 3 rings (SSSR count). The number of fused-ring (bicyclic) bond motifs is 1. The van der Waals surface area contributed by atoms with E-state index in [-0.39, 0.29) is 5.91 Å². The van der Waals surface area contributed by atoms with Crippen LogP contribution in [0, 0.1) is 0 Å². The van der Waals surface area contributed by atoms with Gasteiger partial charge in [-0.1, -0.05) is 55.2 Å². The SMILES string of the molecule is CC(C)c1ccc(NC(=O)c2sc3cc(Cl)ccc3c2Cl)cc1. The number of hydrogen-bond donors (Lipinski definition) is 1. The smallest absolute Gasteiger partial charge is 0.267 e. The van der Waals surface area contributed by atoms with Crippen LogP contribution in [-0.4, -0.2) is 5.91 Å². The van der Waals surface area contributed by atoms with Crippen molar-refractivity contribution in [1.29, 1.82) is 0 Å². The first-order chi connectivity index (χ1) is 11.0. The number of amides is 1. The summed E-state index contributed by atoms with van der Waals surface area (Å²) in [7, 11) is 0. The molecule has 1 amide bonds. The molecule has 0 unspecified atom stereocenters. The molecule has 0 aliphatic rings. The lowest BCUT2D eigenvalue weighted by molar-refractivity contribution is 0.103. The predicted octanol–water partition coefficient (Wildman–Crippen LogP) is 6.58. The summed E-state index contributed by atoms with van der Waals surface area (Å²) in [5, 5.41) is 4.84. The summed E-state index contributed by atoms with van der Waals surface area (Å²) in [4.78, 5) is 13.0. The Morgan fingerprint density at radius 2 is 1.78 bits per heavy atom. The lowest BCUT2D eigenvalue weighted by atomic mass is 10.0. The molecule has 0 saturated carbocycles. The largest absolute Gasteiger partial charge is 0.321 e. The van der Waals surface area contributed by atoms with Crippen LogP contribution in [0.2, 0.25) is 10.0 Å². The van der Waals surface area contributed by atoms with E-state index in [1.165, 1.54) is 16.9 Å². The highest BCUT2D eigenvalue weighted by atomic mass is 35.5. The van der Waals surface area contributed by atoms with Gasteiger partial charge in [0.25, 0.3) is 5.91 Å². The summed E-state index contributed by atoms with van der Waals surface area (Å²) in [6.07, 6.45) is 0. The number of anilines is 1. The number of nitrogens with one attached hydrogen (secondary N) is 1. The Morgan fingerprint density at radius 1 is 1.09 bits per heavy atom. The quantitative estimate of drug-likeness (QED) is 0.558. The maximum absolute atomic E-state index is 12.5. The number of hydrogen-bond acceptors (Lipinski definition) is 2. The molecule has 2 aromatic carbocycles. The van der Waals surface area contributed by atoms with Crippen molar-refractivity contribution in [1.82, 2.24) is 0 Å². The van der Waals surface area contributed by atoms with Crippen LogP contribution in [0.3, 0.4) is 0 Å². The second kappa shape index (κ2) is 6.52. The highest BCUT2D eigenvalue weighted by Crippen LogP contribution is 2.37. The molecule has 1 aromatic heterocycles. The van der Waals surface area contributed by atoms with E-state index >= 15 is 0 Å². The summed E-state index contributed by atoms with van der Waals surface area (Å²) >= 11 is 13.7. The van der Waals surface area contributed by atoms with E-state index in [0.29, 0.717) is 20.8 Å². The lowest BCUT2D eigenvalue weighted by Crippen LogP contribution is -2.10. The molecule has 3 aromatic rings. The summed E-state index contributed by atoms with van der Waals surface area (Å²) in [6.45, 7) is 4.27. The van der Waals surface area contributed by atoms with Gasteiger partial charge in [-0.15, -0.1) is 11.3 Å². The fraction of sp³-hybridized carbons (Fsp3) is 0.167. The van der Waals surface area contributed by atoms with Crippen molar-refractivity contribution in [3.63, 3.8) is 0 Å². The van der Waals surface area contributed by atoms with E-state index in [4.69, 9.17) is 23.2 Å². The monoisotopic (exact) mass is 363 g/mol. The summed E-state index contributed by atoms with van der Waals surface area (Å²) < 4.78 is 0.905. The van der Waals surface area contributed by atoms with Gasteiger partial charge in [0.05, 0.1) is 5.02 Å². The molecular weight excluding hydrogens is 349 g/mol. The molecule has 5 heteroatoms. The van der Waals surface area contributed by atoms with Crippen molar-refractivity contribution in [2.24, 2.45) is 0 Å². The van der Waals surface area contributed by atoms with Crippen LogP contribution in [0.1, 0.15) is 35.0 Å². The highest BCUT2D eigenvalue weighted by molar-refractivity contribution is 7.21. The van der Waals surface area contributed by atoms with E-state index in [2.05, 4.69) is 19.2 Å². The Bertz CT molecular complexity index is 869. The van der Waals surface area contributed by atoms with Crippen LogP contribution in [0.5, 0.6) is 0 Å². The van der Waals surface area contributed by atoms with Crippen LogP contribution in [0.25, 0.3) is 10.1 Å². The molecule has 0 fully saturated rings. The Labute approximate surface area is 149 Å². The number of rotatable bonds is 3. The zero-order chi connectivity index (χ0) is 16.6. The number of halogens is 2. The lowest BCUT2D eigenvalue weighted by Gasteiger charge is -2.08. The van der Waals surface area contributed by atoms with Gasteiger partial charge in [-0.2, -0.15) is 0 Å². The zero-order valence-corrected chi connectivity index (χ0v) is 15.0. The minimum Gasteiger partial charge on any atom is -0.321 e. The minimum absolute atomic E-state index is 0.204. The third-order valence-electron chi connectivity index (χ3n) is 3.63. The van der Waals surface area contributed by atoms with Crippen LogP contribution in [-0.2, 0) is 0 Å². The normalized spacial score (nSPS) is 11.2. The van der Waals surface area contributed by atoms with Crippen LogP contribution in [0.4, 0.5) is 5.69 Å². The Morgan fingerprint density at radius 3 is 2.43 bits per heavy atom. The van der Waals surface area contributed by atoms with E-state index in [1.54, 1.807) is 6.07 Å². The number of carbonyl (C=O) groups is 1. The molecule has 118 valence electrons. The van der Waals surface area contributed by atoms with Gasteiger partial charge in [-0.25, -0.2) is 0 Å². The molecule has 23 heavy (non-hydrogen) atoms. The van der Waals surface area contributed by atoms with Gasteiger partial charge in [-0.05, 0) is 35.7 Å². The number of benzene rings is 2. The minimum atomic E-state index is -0.204. The van der Waals surface area contributed by atoms with Crippen molar-refractivity contribution in [3.05, 3.63) is 63.0 Å². The van der Waals surface area contributed by atoms with Gasteiger partial charge in [-0.3, -0.25) is 4.79 Å². The molecule has 1 N–H and O–H groups in total. The molecule has 0 bridgehead atoms. The first-order valence-corrected chi connectivity index (χ1v) is 8.82. The first-order valence-electron chi connectivity index (χ1n) is 7.24. The average molecular weight is 364 g/mol. The van der Waals surface area contributed by atoms with Crippen molar-refractivity contribution in [2.45, 2.75) is 19.8 Å². The molecular formula is C18H15Cl2NOS. The first kappa shape index (κ1) is 16.3. The fourth-order valence-electron chi connectivity index (χ4n) is 2.32. The molecule has 0 aliphatic heterocycles. The Hall–Kier alpha value is -1.55. The summed E-state index contributed by atoms with van der Waals surface area (Å²) in [5.41, 5.74) is 1.99. The molecule has 1 heterocycles. The second-order valence-electron chi connectivity index (χ2n) is 5.62. The van der Waals surface area contributed by atoms with Crippen molar-refractivity contribution >= 4 is 56.2 Å². The Balaban J connectivity index is 1.87. The zero-order valence-electron chi connectivity index (χ0n) is 12.7. The molecule has 0 radical (unpaired) electrons. The molecule has 0 atom stereocenters. The van der Waals surface area contributed by atoms with Crippen molar-refractivity contribution in [3.8, 4) is 0 Å². The van der Waals surface area contributed by atoms with E-state index in [1.807, 2.05) is 36.4 Å². The molecule has 0 aliphatic carbocycles. The van der Waals surface area contributed by atoms with Crippen LogP contribution in [0.15, 0.2) is 42.5 Å². The van der Waals surface area contributed by atoms with Crippen molar-refractivity contribution < 1.29 is 4.79 Å². The standard InChI is InChI=1S/C18H15Cl2NOS/c1-10(2)11-3-6-13(7-4-11)21-18(22)17-16(20)14-8-5-12(19)9-15(14)23-17/h3-10H,1-2H3,(H,21,22). The fourth-order valence-corrected chi connectivity index (χ4v) is 4.01. The maximum Gasteiger partial charge on any atom is 0.267 e. The topological polar surface area (TPSA) is 29.1 Å². The van der Waals surface area contributed by atoms with Gasteiger partial charge in [0.1, 0.15) is 4.88 Å². The van der Waals surface area contributed by atoms with E-state index in [0.717, 1.165) is 15.8 Å². The van der Waals surface area contributed by atoms with Crippen molar-refractivity contribution in [2.75, 3.05) is 5.32 Å². The molecule has 2 nitrogen and oxygen atoms in total. The van der Waals surface area contributed by atoms with E-state index < -0.39 is 0 Å². The second-order valence-corrected chi connectivity index (χ2v) is 7.48. The van der Waals surface area contributed by atoms with Crippen LogP contribution >= 0.6 is 34.5 Å². The summed E-state index contributed by atoms with van der Waals surface area (Å²) in [6, 6.07) is 13.3. The molecule has 0 saturated heterocycles. The van der Waals surface area contributed by atoms with Gasteiger partial charge in [0.15, 0.2) is 0 Å². The average Bonchev–Trinajstić information content (AvgIpc) is 2.84. The van der Waals surface area contributed by atoms with Gasteiger partial charge in [0, 0.05) is 20.8 Å². The summed E-state index contributed by atoms with van der Waals surface area (Å²) in [5.74, 6) is 0.256. The predicted molar refractivity (Wildman–Crippen MR) is 100 cm³/mol. The van der Waals surface area contributed by atoms with Gasteiger partial charge in [0.2, 0.25) is 0 Å². The molecule has 0 spiro atoms. The third kappa shape index (κ3) is 3.37. The van der Waals surface area contributed by atoms with Crippen LogP contribution < -0.4 is 5.32 Å².